The molecule has 6 rings (SSSR count). The van der Waals surface area contributed by atoms with Gasteiger partial charge in [-0.1, -0.05) is 69.2 Å². The molecule has 10 atom stereocenters. The van der Waals surface area contributed by atoms with Crippen LogP contribution in [0.1, 0.15) is 88.3 Å². The number of phosphoric ester groups is 1. The van der Waals surface area contributed by atoms with Crippen LogP contribution in [0.2, 0.25) is 22.2 Å². The van der Waals surface area contributed by atoms with Gasteiger partial charge in [0.15, 0.2) is 29.7 Å². The Morgan fingerprint density at radius 3 is 2.33 bits per heavy atom. The molecule has 28 heteroatoms. The number of imidazole rings is 1. The first-order valence-electron chi connectivity index (χ1n) is 21.9. The summed E-state index contributed by atoms with van der Waals surface area (Å²) >= 11 is 0. The fourth-order valence-electron chi connectivity index (χ4n) is 8.64. The number of amides is 1. The van der Waals surface area contributed by atoms with Crippen molar-refractivity contribution in [1.82, 2.24) is 34.5 Å². The van der Waals surface area contributed by atoms with Crippen molar-refractivity contribution in [3.8, 4) is 6.07 Å². The van der Waals surface area contributed by atoms with Crippen LogP contribution >= 0.6 is 16.1 Å². The summed E-state index contributed by atoms with van der Waals surface area (Å²) in [6, 6.07) is 0.885. The highest BCUT2D eigenvalue weighted by molar-refractivity contribution is 7.48. The number of aromatic nitrogens is 7. The number of rotatable bonds is 19. The summed E-state index contributed by atoms with van der Waals surface area (Å²) in [5, 5.41) is 14.9. The molecule has 5 heterocycles. The van der Waals surface area contributed by atoms with Crippen molar-refractivity contribution in [1.29, 1.82) is 5.26 Å². The molecule has 3 aliphatic rings. The predicted molar refractivity (Wildman–Crippen MR) is 239 cm³/mol. The summed E-state index contributed by atoms with van der Waals surface area (Å²) < 4.78 is 96.7. The van der Waals surface area contributed by atoms with Gasteiger partial charge in [0.1, 0.15) is 31.0 Å². The Hall–Kier alpha value is -3.55. The number of carbonyl (C=O) groups is 1. The summed E-state index contributed by atoms with van der Waals surface area (Å²) in [5.41, 5.74) is -1.23. The number of phosphoric acid groups is 1. The summed E-state index contributed by atoms with van der Waals surface area (Å²) in [6.07, 6.45) is -4.92. The highest BCUT2D eigenvalue weighted by atomic mass is 31.2. The molecule has 0 radical (unpaired) electrons. The number of nitrogens with zero attached hydrogens (tertiary/aromatic N) is 7. The standard InChI is InChI=1S/C38H59FN10O13P2Si2/c1-20(2)34(50)47-38-46-33-29(35(51)48-38)44-19-49(33)36-32(31-27(58-36)16-57-65(21(3)4,22(5)6)62-66(61-31,23(7)8)24(9)10)60-64(54,55-13-11-12-40)56-15-25-14-26(28(39)30(25)59-63(52)53)45-37-42-17-41-18-43-37/h17-28,30-32,36H,11,13-16H2,1-10H3,(H3-,41,42,43,45,46,47,48,50,51,52,53)/p+1/t25-,26-,27-,28+,30-,31-,32-,36-,64?/m1/s1. The molecule has 1 amide bonds. The third-order valence-electron chi connectivity index (χ3n) is 12.0. The van der Waals surface area contributed by atoms with E-state index in [9.17, 15) is 24.3 Å². The second-order valence-electron chi connectivity index (χ2n) is 18.0. The molecular weight excluding hydrogens is 942 g/mol. The maximum Gasteiger partial charge on any atom is 0.695 e. The number of ether oxygens (including phenoxy) is 1. The van der Waals surface area contributed by atoms with Crippen molar-refractivity contribution in [2.45, 2.75) is 147 Å². The summed E-state index contributed by atoms with van der Waals surface area (Å²) in [6.45, 7) is 18.6. The van der Waals surface area contributed by atoms with E-state index in [-0.39, 0.29) is 64.7 Å². The Balaban J connectivity index is 1.45. The first kappa shape index (κ1) is 51.8. The minimum Gasteiger partial charge on any atom is -0.414 e. The van der Waals surface area contributed by atoms with E-state index in [0.29, 0.717) is 0 Å². The Kier molecular flexibility index (Phi) is 16.8. The van der Waals surface area contributed by atoms with E-state index >= 15 is 8.96 Å². The van der Waals surface area contributed by atoms with Crippen molar-refractivity contribution in [2.75, 3.05) is 30.5 Å². The van der Waals surface area contributed by atoms with Crippen LogP contribution in [0, 0.1) is 23.2 Å². The SMILES string of the molecule is CC(C)C(=O)Nc1nc2c(ncn2[C@@H]2O[C@@H]3CO[Si](C(C)C)(C(C)C)O[Si](C(C)C)(C(C)C)O[C@H]3[C@H]2OP(=O)(OCCC#N)OC[C@H]2C[C@@H](Nc3ncncn3)[C@H](F)[C@@H]2O[P+](=O)O)c(=O)[nH]1. The van der Waals surface area contributed by atoms with E-state index in [1.807, 2.05) is 33.8 Å². The lowest BCUT2D eigenvalue weighted by Gasteiger charge is -2.51. The number of nitrogens with one attached hydrogen (secondary N) is 3. The molecule has 2 unspecified atom stereocenters. The van der Waals surface area contributed by atoms with Gasteiger partial charge >= 0.3 is 33.2 Å². The molecule has 2 saturated heterocycles. The third kappa shape index (κ3) is 11.0. The van der Waals surface area contributed by atoms with Gasteiger partial charge in [-0.3, -0.25) is 38.0 Å². The maximum atomic E-state index is 16.0. The van der Waals surface area contributed by atoms with Crippen molar-refractivity contribution >= 4 is 62.2 Å². The van der Waals surface area contributed by atoms with Gasteiger partial charge in [-0.2, -0.15) is 10.2 Å². The molecule has 364 valence electrons. The Morgan fingerprint density at radius 1 is 1.06 bits per heavy atom. The van der Waals surface area contributed by atoms with E-state index in [4.69, 9.17) is 35.8 Å². The lowest BCUT2D eigenvalue weighted by atomic mass is 10.1. The normalized spacial score (nSPS) is 27.5. The fraction of sp³-hybridized carbons (Fsp3) is 0.737. The summed E-state index contributed by atoms with van der Waals surface area (Å²) in [4.78, 5) is 59.0. The Bertz CT molecular complexity index is 2310. The van der Waals surface area contributed by atoms with Gasteiger partial charge in [0, 0.05) is 16.4 Å². The molecule has 3 aromatic heterocycles. The number of H-pyrrole nitrogens is 1. The van der Waals surface area contributed by atoms with Gasteiger partial charge in [0.25, 0.3) is 5.56 Å². The van der Waals surface area contributed by atoms with Crippen LogP contribution in [-0.2, 0) is 49.7 Å². The average molecular weight is 1000 g/mol. The molecule has 2 aliphatic heterocycles. The molecule has 1 aliphatic carbocycles. The number of alkyl halides is 1. The Labute approximate surface area is 384 Å². The number of nitriles is 1. The molecule has 1 saturated carbocycles. The molecule has 23 nitrogen and oxygen atoms in total. The van der Waals surface area contributed by atoms with Crippen molar-refractivity contribution in [2.24, 2.45) is 11.8 Å². The maximum absolute atomic E-state index is 16.0. The van der Waals surface area contributed by atoms with Crippen molar-refractivity contribution in [3.63, 3.8) is 0 Å². The van der Waals surface area contributed by atoms with Gasteiger partial charge in [-0.25, -0.2) is 28.9 Å². The predicted octanol–water partition coefficient (Wildman–Crippen LogP) is 6.07. The zero-order valence-electron chi connectivity index (χ0n) is 38.5. The number of halogens is 1. The van der Waals surface area contributed by atoms with Crippen molar-refractivity contribution in [3.05, 3.63) is 29.3 Å². The molecule has 66 heavy (non-hydrogen) atoms. The fourth-order valence-corrected chi connectivity index (χ4v) is 21.7. The zero-order valence-corrected chi connectivity index (χ0v) is 42.3. The topological polar surface area (TPSA) is 295 Å². The minimum absolute atomic E-state index is 0.0234. The molecule has 0 aromatic carbocycles. The van der Waals surface area contributed by atoms with Crippen LogP contribution < -0.4 is 16.2 Å². The van der Waals surface area contributed by atoms with Crippen LogP contribution in [0.5, 0.6) is 0 Å². The second kappa shape index (κ2) is 21.4. The van der Waals surface area contributed by atoms with Gasteiger partial charge in [-0.05, 0) is 28.6 Å². The van der Waals surface area contributed by atoms with Crippen LogP contribution in [0.4, 0.5) is 16.3 Å². The first-order valence-corrected chi connectivity index (χ1v) is 28.4. The highest BCUT2D eigenvalue weighted by Crippen LogP contribution is 2.57. The third-order valence-corrected chi connectivity index (χ3v) is 24.1. The van der Waals surface area contributed by atoms with E-state index in [0.717, 1.165) is 0 Å². The van der Waals surface area contributed by atoms with Gasteiger partial charge in [-0.15, -0.1) is 9.42 Å². The number of hydrogen-bond donors (Lipinski definition) is 4. The largest absolute Gasteiger partial charge is 0.695 e. The highest BCUT2D eigenvalue weighted by Gasteiger charge is 2.63. The number of fused-ring (bicyclic) bond motifs is 2. The molecule has 3 fully saturated rings. The number of aromatic amines is 1. The van der Waals surface area contributed by atoms with Gasteiger partial charge < -0.3 is 23.0 Å². The first-order chi connectivity index (χ1) is 31.1. The molecule has 0 spiro atoms. The summed E-state index contributed by atoms with van der Waals surface area (Å²) in [7, 11) is -14.8. The second-order valence-corrected chi connectivity index (χ2v) is 29.2. The average Bonchev–Trinajstić information content (AvgIpc) is 3.89. The van der Waals surface area contributed by atoms with Gasteiger partial charge in [0.05, 0.1) is 44.7 Å². The quantitative estimate of drug-likeness (QED) is 0.0602. The molecule has 3 aromatic rings. The van der Waals surface area contributed by atoms with Crippen LogP contribution in [0.25, 0.3) is 11.2 Å². The lowest BCUT2D eigenvalue weighted by molar-refractivity contribution is -0.118. The number of anilines is 2. The van der Waals surface area contributed by atoms with Crippen molar-refractivity contribution < 1.29 is 59.0 Å². The number of carbonyl (C=O) groups excluding carboxylic acids is 1. The van der Waals surface area contributed by atoms with E-state index in [2.05, 4.69) is 68.2 Å². The van der Waals surface area contributed by atoms with E-state index < -0.39 is 113 Å². The number of hydrogen-bond acceptors (Lipinski definition) is 19. The van der Waals surface area contributed by atoms with Crippen LogP contribution in [-0.4, -0.2) is 119 Å². The zero-order chi connectivity index (χ0) is 48.3. The monoisotopic (exact) mass is 1000 g/mol. The smallest absolute Gasteiger partial charge is 0.414 e. The Morgan fingerprint density at radius 2 is 1.73 bits per heavy atom. The van der Waals surface area contributed by atoms with Crippen LogP contribution in [0.15, 0.2) is 23.8 Å². The van der Waals surface area contributed by atoms with Crippen LogP contribution in [0.3, 0.4) is 0 Å². The summed E-state index contributed by atoms with van der Waals surface area (Å²) in [5.74, 6) is -2.03. The molecule has 0 bridgehead atoms. The lowest BCUT2D eigenvalue weighted by Crippen LogP contribution is -2.65. The molecule has 4 N–H and O–H groups in total. The van der Waals surface area contributed by atoms with Gasteiger partial charge in [0.2, 0.25) is 17.8 Å². The van der Waals surface area contributed by atoms with E-state index in [1.165, 1.54) is 23.5 Å². The minimum atomic E-state index is -4.91. The van der Waals surface area contributed by atoms with E-state index in [1.54, 1.807) is 13.8 Å². The molecular formula is C38H60FN10O13P2Si2+.